The number of benzene rings is 2. The second-order valence-electron chi connectivity index (χ2n) is 7.72. The van der Waals surface area contributed by atoms with Gasteiger partial charge in [0.25, 0.3) is 5.91 Å². The molecule has 1 aliphatic rings. The Hall–Kier alpha value is -3.61. The van der Waals surface area contributed by atoms with Crippen LogP contribution in [0.1, 0.15) is 49.2 Å². The zero-order chi connectivity index (χ0) is 22.1. The second kappa shape index (κ2) is 8.02. The SMILES string of the molecule is C/C(O)=C(\C(=O)OC(C)(C)C)C1=NC(=NC(=O)c2ccc(F)cc2)c2ccccc21. The first-order chi connectivity index (χ1) is 14.1. The van der Waals surface area contributed by atoms with Crippen molar-refractivity contribution in [2.45, 2.75) is 33.3 Å². The van der Waals surface area contributed by atoms with Crippen LogP contribution in [0.25, 0.3) is 0 Å². The summed E-state index contributed by atoms with van der Waals surface area (Å²) in [5, 5.41) is 10.2. The van der Waals surface area contributed by atoms with Crippen LogP contribution in [0, 0.1) is 5.82 Å². The molecule has 0 radical (unpaired) electrons. The van der Waals surface area contributed by atoms with Crippen LogP contribution in [0.2, 0.25) is 0 Å². The van der Waals surface area contributed by atoms with Gasteiger partial charge in [0.05, 0.1) is 5.71 Å². The number of aliphatic hydroxyl groups excluding tert-OH is 1. The zero-order valence-electron chi connectivity index (χ0n) is 17.1. The van der Waals surface area contributed by atoms with Crippen molar-refractivity contribution < 1.29 is 23.8 Å². The number of aliphatic hydroxyl groups is 1. The average Bonchev–Trinajstić information content (AvgIpc) is 2.99. The Kier molecular flexibility index (Phi) is 5.64. The first kappa shape index (κ1) is 21.1. The third-order valence-corrected chi connectivity index (χ3v) is 4.14. The second-order valence-corrected chi connectivity index (χ2v) is 7.72. The van der Waals surface area contributed by atoms with E-state index >= 15 is 0 Å². The number of halogens is 1. The molecule has 1 N–H and O–H groups in total. The first-order valence-electron chi connectivity index (χ1n) is 9.27. The summed E-state index contributed by atoms with van der Waals surface area (Å²) < 4.78 is 18.5. The summed E-state index contributed by atoms with van der Waals surface area (Å²) in [4.78, 5) is 33.7. The Morgan fingerprint density at radius 2 is 1.63 bits per heavy atom. The van der Waals surface area contributed by atoms with Gasteiger partial charge in [-0.1, -0.05) is 24.3 Å². The minimum absolute atomic E-state index is 0.0947. The molecule has 0 unspecified atom stereocenters. The summed E-state index contributed by atoms with van der Waals surface area (Å²) in [7, 11) is 0. The van der Waals surface area contributed by atoms with Gasteiger partial charge in [-0.05, 0) is 52.0 Å². The summed E-state index contributed by atoms with van der Waals surface area (Å²) in [6.07, 6.45) is 0. The van der Waals surface area contributed by atoms with Gasteiger partial charge >= 0.3 is 5.97 Å². The Labute approximate surface area is 173 Å². The molecule has 0 atom stereocenters. The van der Waals surface area contributed by atoms with E-state index in [1.807, 2.05) is 0 Å². The number of hydrogen-bond acceptors (Lipinski definition) is 4. The van der Waals surface area contributed by atoms with Crippen molar-refractivity contribution in [3.63, 3.8) is 0 Å². The van der Waals surface area contributed by atoms with Gasteiger partial charge in [-0.2, -0.15) is 4.99 Å². The maximum Gasteiger partial charge on any atom is 0.344 e. The van der Waals surface area contributed by atoms with E-state index in [4.69, 9.17) is 4.74 Å². The summed E-state index contributed by atoms with van der Waals surface area (Å²) in [6.45, 7) is 6.51. The minimum atomic E-state index is -0.772. The highest BCUT2D eigenvalue weighted by Crippen LogP contribution is 2.27. The number of ether oxygens (including phenoxy) is 1. The molecule has 7 heteroatoms. The number of aliphatic imine (C=N–C) groups is 2. The lowest BCUT2D eigenvalue weighted by Gasteiger charge is -2.21. The summed E-state index contributed by atoms with van der Waals surface area (Å²) in [5.41, 5.74) is 0.572. The van der Waals surface area contributed by atoms with Crippen LogP contribution in [-0.2, 0) is 9.53 Å². The van der Waals surface area contributed by atoms with Crippen molar-refractivity contribution in [2.75, 3.05) is 0 Å². The number of rotatable bonds is 3. The summed E-state index contributed by atoms with van der Waals surface area (Å²) >= 11 is 0. The zero-order valence-corrected chi connectivity index (χ0v) is 17.1. The standard InChI is InChI=1S/C23H21FN2O4/c1-13(27)18(22(29)30-23(2,3)4)19-16-7-5-6-8-17(16)20(25-19)26-21(28)14-9-11-15(24)12-10-14/h5-12,27H,1-4H3/b18-13+,26-20?. The van der Waals surface area contributed by atoms with Gasteiger partial charge in [0.2, 0.25) is 0 Å². The van der Waals surface area contributed by atoms with Crippen LogP contribution in [0.3, 0.4) is 0 Å². The van der Waals surface area contributed by atoms with E-state index in [9.17, 15) is 19.1 Å². The third kappa shape index (κ3) is 4.51. The predicted molar refractivity (Wildman–Crippen MR) is 111 cm³/mol. The molecule has 0 aromatic heterocycles. The first-order valence-corrected chi connectivity index (χ1v) is 9.27. The molecule has 154 valence electrons. The Balaban J connectivity index is 2.07. The third-order valence-electron chi connectivity index (χ3n) is 4.14. The van der Waals surface area contributed by atoms with E-state index in [-0.39, 0.29) is 28.4 Å². The monoisotopic (exact) mass is 408 g/mol. The van der Waals surface area contributed by atoms with Crippen LogP contribution in [0.4, 0.5) is 4.39 Å². The molecule has 1 aliphatic heterocycles. The molecular weight excluding hydrogens is 387 g/mol. The molecule has 1 amide bonds. The summed E-state index contributed by atoms with van der Waals surface area (Å²) in [5.74, 6) is -1.96. The van der Waals surface area contributed by atoms with E-state index in [0.29, 0.717) is 11.1 Å². The maximum atomic E-state index is 13.1. The van der Waals surface area contributed by atoms with Crippen molar-refractivity contribution in [2.24, 2.45) is 9.98 Å². The highest BCUT2D eigenvalue weighted by Gasteiger charge is 2.32. The van der Waals surface area contributed by atoms with Gasteiger partial charge in [-0.25, -0.2) is 14.2 Å². The quantitative estimate of drug-likeness (QED) is 0.463. The Morgan fingerprint density at radius 1 is 1.03 bits per heavy atom. The van der Waals surface area contributed by atoms with Crippen LogP contribution in [-0.4, -0.2) is 34.1 Å². The van der Waals surface area contributed by atoms with Crippen molar-refractivity contribution in [1.29, 1.82) is 0 Å². The van der Waals surface area contributed by atoms with E-state index in [1.165, 1.54) is 31.2 Å². The molecule has 2 aromatic carbocycles. The number of fused-ring (bicyclic) bond motifs is 1. The maximum absolute atomic E-state index is 13.1. The van der Waals surface area contributed by atoms with Crippen molar-refractivity contribution in [1.82, 2.24) is 0 Å². The molecule has 0 bridgehead atoms. The van der Waals surface area contributed by atoms with Crippen molar-refractivity contribution >= 4 is 23.4 Å². The van der Waals surface area contributed by atoms with Crippen LogP contribution < -0.4 is 0 Å². The molecule has 1 heterocycles. The smallest absolute Gasteiger partial charge is 0.344 e. The number of carbonyl (C=O) groups excluding carboxylic acids is 2. The van der Waals surface area contributed by atoms with Gasteiger partial charge < -0.3 is 9.84 Å². The van der Waals surface area contributed by atoms with E-state index in [2.05, 4.69) is 9.98 Å². The van der Waals surface area contributed by atoms with Crippen LogP contribution >= 0.6 is 0 Å². The number of amidine groups is 1. The fourth-order valence-electron chi connectivity index (χ4n) is 2.88. The van der Waals surface area contributed by atoms with E-state index in [0.717, 1.165) is 0 Å². The lowest BCUT2D eigenvalue weighted by atomic mass is 9.99. The highest BCUT2D eigenvalue weighted by molar-refractivity contribution is 6.36. The number of amides is 1. The summed E-state index contributed by atoms with van der Waals surface area (Å²) in [6, 6.07) is 11.9. The Bertz CT molecular complexity index is 1100. The highest BCUT2D eigenvalue weighted by atomic mass is 19.1. The lowest BCUT2D eigenvalue weighted by Crippen LogP contribution is -2.28. The van der Waals surface area contributed by atoms with Crippen molar-refractivity contribution in [3.05, 3.63) is 82.4 Å². The fourth-order valence-corrected chi connectivity index (χ4v) is 2.88. The predicted octanol–water partition coefficient (Wildman–Crippen LogP) is 4.39. The molecule has 6 nitrogen and oxygen atoms in total. The van der Waals surface area contributed by atoms with E-state index in [1.54, 1.807) is 45.0 Å². The van der Waals surface area contributed by atoms with Crippen molar-refractivity contribution in [3.8, 4) is 0 Å². The fraction of sp³-hybridized carbons (Fsp3) is 0.217. The minimum Gasteiger partial charge on any atom is -0.512 e. The Morgan fingerprint density at radius 3 is 2.20 bits per heavy atom. The van der Waals surface area contributed by atoms with Gasteiger partial charge in [0, 0.05) is 16.7 Å². The molecule has 0 fully saturated rings. The molecular formula is C23H21FN2O4. The molecule has 3 rings (SSSR count). The van der Waals surface area contributed by atoms with Crippen LogP contribution in [0.5, 0.6) is 0 Å². The average molecular weight is 408 g/mol. The van der Waals surface area contributed by atoms with Crippen LogP contribution in [0.15, 0.2) is 69.8 Å². The van der Waals surface area contributed by atoms with Gasteiger partial charge in [0.15, 0.2) is 5.84 Å². The van der Waals surface area contributed by atoms with Gasteiger partial charge in [-0.15, -0.1) is 0 Å². The number of nitrogens with zero attached hydrogens (tertiary/aromatic N) is 2. The molecule has 0 saturated carbocycles. The molecule has 0 aliphatic carbocycles. The largest absolute Gasteiger partial charge is 0.512 e. The number of carbonyl (C=O) groups is 2. The molecule has 30 heavy (non-hydrogen) atoms. The van der Waals surface area contributed by atoms with Gasteiger partial charge in [-0.3, -0.25) is 4.79 Å². The van der Waals surface area contributed by atoms with E-state index < -0.39 is 23.3 Å². The number of hydrogen-bond donors (Lipinski definition) is 1. The molecule has 0 saturated heterocycles. The number of allylic oxidation sites excluding steroid dienone is 1. The normalized spacial score (nSPS) is 15.4. The molecule has 0 spiro atoms. The lowest BCUT2D eigenvalue weighted by molar-refractivity contribution is -0.149. The number of esters is 1. The van der Waals surface area contributed by atoms with Gasteiger partial charge in [0.1, 0.15) is 22.8 Å². The topological polar surface area (TPSA) is 88.3 Å². The molecule has 2 aromatic rings.